The van der Waals surface area contributed by atoms with Crippen molar-refractivity contribution >= 4 is 45.3 Å². The Morgan fingerprint density at radius 1 is 1.46 bits per heavy atom. The Morgan fingerprint density at radius 2 is 2.17 bits per heavy atom. The molecule has 0 bridgehead atoms. The number of hydrogen-bond acceptors (Lipinski definition) is 5. The highest BCUT2D eigenvalue weighted by atomic mass is 79.9. The molecule has 0 aliphatic rings. The molecule has 0 radical (unpaired) electrons. The lowest BCUT2D eigenvalue weighted by molar-refractivity contribution is 0.102. The van der Waals surface area contributed by atoms with Crippen LogP contribution in [0.2, 0.25) is 5.02 Å². The number of aromatic nitrogens is 2. The summed E-state index contributed by atoms with van der Waals surface area (Å²) in [6.07, 6.45) is -0.785. The van der Waals surface area contributed by atoms with E-state index in [-0.39, 0.29) is 28.3 Å². The van der Waals surface area contributed by atoms with Crippen LogP contribution < -0.4 is 15.4 Å². The van der Waals surface area contributed by atoms with Crippen molar-refractivity contribution in [2.75, 3.05) is 11.9 Å². The second-order valence-electron chi connectivity index (χ2n) is 4.77. The summed E-state index contributed by atoms with van der Waals surface area (Å²) in [6, 6.07) is 6.10. The largest absolute Gasteiger partial charge is 0.414 e. The summed E-state index contributed by atoms with van der Waals surface area (Å²) in [5, 5.41) is 20.5. The molecule has 2 rings (SSSR count). The number of benzene rings is 1. The van der Waals surface area contributed by atoms with Gasteiger partial charge in [0.1, 0.15) is 10.3 Å². The van der Waals surface area contributed by atoms with Crippen molar-refractivity contribution in [3.05, 3.63) is 39.3 Å². The van der Waals surface area contributed by atoms with Crippen molar-refractivity contribution < 1.29 is 19.4 Å². The number of anilines is 1. The molecular weight excluding hydrogens is 404 g/mol. The molecule has 0 spiro atoms. The zero-order valence-corrected chi connectivity index (χ0v) is 14.8. The number of amides is 2. The topological polar surface area (TPSA) is 116 Å². The highest BCUT2D eigenvalue weighted by Crippen LogP contribution is 2.30. The molecule has 4 N–H and O–H groups in total. The number of H-pyrrole nitrogens is 1. The Hall–Kier alpha value is -2.10. The van der Waals surface area contributed by atoms with Crippen LogP contribution in [0, 0.1) is 0 Å². The number of rotatable bonds is 5. The first-order chi connectivity index (χ1) is 11.4. The molecule has 1 aromatic heterocycles. The fraction of sp³-hybridized carbons (Fsp3) is 0.214. The highest BCUT2D eigenvalue weighted by Gasteiger charge is 2.19. The zero-order chi connectivity index (χ0) is 17.7. The Kier molecular flexibility index (Phi) is 6.18. The van der Waals surface area contributed by atoms with Gasteiger partial charge in [0.15, 0.2) is 0 Å². The quantitative estimate of drug-likeness (QED) is 0.596. The van der Waals surface area contributed by atoms with Gasteiger partial charge in [0.25, 0.3) is 11.8 Å². The normalized spacial score (nSPS) is 11.7. The number of aromatic amines is 1. The van der Waals surface area contributed by atoms with E-state index in [1.165, 1.54) is 0 Å². The van der Waals surface area contributed by atoms with E-state index in [2.05, 4.69) is 36.8 Å². The lowest BCUT2D eigenvalue weighted by Gasteiger charge is -2.09. The molecule has 10 heteroatoms. The summed E-state index contributed by atoms with van der Waals surface area (Å²) < 4.78 is 5.24. The van der Waals surface area contributed by atoms with Crippen LogP contribution in [0.3, 0.4) is 0 Å². The molecule has 128 valence electrons. The number of aliphatic hydroxyl groups excluding tert-OH is 1. The van der Waals surface area contributed by atoms with Crippen LogP contribution in [0.1, 0.15) is 17.3 Å². The lowest BCUT2D eigenvalue weighted by Crippen LogP contribution is -2.37. The molecule has 1 aromatic carbocycles. The third-order valence-electron chi connectivity index (χ3n) is 2.86. The molecular formula is C14H14BrClN4O4. The molecule has 0 aliphatic heterocycles. The first-order valence-corrected chi connectivity index (χ1v) is 7.98. The van der Waals surface area contributed by atoms with E-state index < -0.39 is 18.0 Å². The third kappa shape index (κ3) is 4.47. The molecule has 0 aliphatic carbocycles. The molecule has 0 saturated carbocycles. The molecule has 2 aromatic rings. The van der Waals surface area contributed by atoms with E-state index in [4.69, 9.17) is 21.4 Å². The van der Waals surface area contributed by atoms with Gasteiger partial charge in [-0.15, -0.1) is 5.10 Å². The Bertz CT molecular complexity index is 752. The lowest BCUT2D eigenvalue weighted by atomic mass is 10.2. The summed E-state index contributed by atoms with van der Waals surface area (Å²) in [6.45, 7) is 1.38. The number of aliphatic hydroxyl groups is 1. The van der Waals surface area contributed by atoms with E-state index in [0.717, 1.165) is 0 Å². The number of nitrogens with zero attached hydrogens (tertiary/aromatic N) is 1. The standard InChI is InChI=1S/C14H14BrClN4O4/c1-7(6-21)17-14(23)24-13-10(15)11(19-20-13)18-12(22)8-4-2-3-5-9(8)16/h2-5,7,21H,6H2,1H3,(H,17,23)(H2,18,19,20,22)/t7-/m0/s1. The molecule has 0 saturated heterocycles. The van der Waals surface area contributed by atoms with Crippen LogP contribution in [-0.2, 0) is 0 Å². The first kappa shape index (κ1) is 18.2. The summed E-state index contributed by atoms with van der Waals surface area (Å²) in [5.41, 5.74) is 0.289. The highest BCUT2D eigenvalue weighted by molar-refractivity contribution is 9.10. The molecule has 1 atom stereocenters. The summed E-state index contributed by atoms with van der Waals surface area (Å²) in [7, 11) is 0. The number of halogens is 2. The number of hydrogen-bond donors (Lipinski definition) is 4. The van der Waals surface area contributed by atoms with Crippen LogP contribution >= 0.6 is 27.5 Å². The average Bonchev–Trinajstić information content (AvgIpc) is 2.88. The van der Waals surface area contributed by atoms with Gasteiger partial charge < -0.3 is 20.5 Å². The van der Waals surface area contributed by atoms with Gasteiger partial charge in [-0.25, -0.2) is 4.79 Å². The van der Waals surface area contributed by atoms with E-state index >= 15 is 0 Å². The van der Waals surface area contributed by atoms with E-state index in [9.17, 15) is 9.59 Å². The van der Waals surface area contributed by atoms with Crippen LogP contribution in [0.25, 0.3) is 0 Å². The van der Waals surface area contributed by atoms with Crippen LogP contribution in [0.5, 0.6) is 5.88 Å². The zero-order valence-electron chi connectivity index (χ0n) is 12.5. The van der Waals surface area contributed by atoms with Crippen molar-refractivity contribution in [3.63, 3.8) is 0 Å². The maximum Gasteiger partial charge on any atom is 0.414 e. The molecule has 24 heavy (non-hydrogen) atoms. The predicted octanol–water partition coefficient (Wildman–Crippen LogP) is 2.55. The molecule has 2 amide bonds. The van der Waals surface area contributed by atoms with Crippen LogP contribution in [0.15, 0.2) is 28.7 Å². The van der Waals surface area contributed by atoms with Gasteiger partial charge in [0.2, 0.25) is 0 Å². The minimum absolute atomic E-state index is 0.0629. The second kappa shape index (κ2) is 8.13. The Balaban J connectivity index is 2.06. The second-order valence-corrected chi connectivity index (χ2v) is 5.97. The molecule has 0 fully saturated rings. The third-order valence-corrected chi connectivity index (χ3v) is 3.93. The van der Waals surface area contributed by atoms with Gasteiger partial charge in [0.05, 0.1) is 23.2 Å². The minimum Gasteiger partial charge on any atom is -0.394 e. The van der Waals surface area contributed by atoms with Crippen LogP contribution in [0.4, 0.5) is 10.6 Å². The first-order valence-electron chi connectivity index (χ1n) is 6.81. The van der Waals surface area contributed by atoms with E-state index in [0.29, 0.717) is 5.02 Å². The fourth-order valence-electron chi connectivity index (χ4n) is 1.65. The number of ether oxygens (including phenoxy) is 1. The summed E-state index contributed by atoms with van der Waals surface area (Å²) >= 11 is 9.15. The monoisotopic (exact) mass is 416 g/mol. The Labute approximate surface area is 150 Å². The van der Waals surface area contributed by atoms with Gasteiger partial charge in [0, 0.05) is 0 Å². The van der Waals surface area contributed by atoms with Crippen molar-refractivity contribution in [1.29, 1.82) is 0 Å². The van der Waals surface area contributed by atoms with Gasteiger partial charge in [-0.3, -0.25) is 9.89 Å². The van der Waals surface area contributed by atoms with E-state index in [1.807, 2.05) is 0 Å². The molecule has 0 unspecified atom stereocenters. The van der Waals surface area contributed by atoms with Gasteiger partial charge >= 0.3 is 6.09 Å². The van der Waals surface area contributed by atoms with Crippen molar-refractivity contribution in [2.24, 2.45) is 0 Å². The number of nitrogens with one attached hydrogen (secondary N) is 3. The SMILES string of the molecule is C[C@@H](CO)NC(=O)Oc1n[nH]c(NC(=O)c2ccccc2Cl)c1Br. The maximum absolute atomic E-state index is 12.2. The van der Waals surface area contributed by atoms with Gasteiger partial charge in [-0.05, 0) is 35.0 Å². The van der Waals surface area contributed by atoms with Crippen molar-refractivity contribution in [1.82, 2.24) is 15.5 Å². The number of carbonyl (C=O) groups excluding carboxylic acids is 2. The van der Waals surface area contributed by atoms with E-state index in [1.54, 1.807) is 31.2 Å². The van der Waals surface area contributed by atoms with Crippen molar-refractivity contribution in [2.45, 2.75) is 13.0 Å². The van der Waals surface area contributed by atoms with Crippen molar-refractivity contribution in [3.8, 4) is 5.88 Å². The smallest absolute Gasteiger partial charge is 0.394 e. The van der Waals surface area contributed by atoms with Gasteiger partial charge in [-0.1, -0.05) is 23.7 Å². The maximum atomic E-state index is 12.2. The minimum atomic E-state index is -0.785. The average molecular weight is 418 g/mol. The fourth-order valence-corrected chi connectivity index (χ4v) is 2.23. The molecule has 1 heterocycles. The van der Waals surface area contributed by atoms with Gasteiger partial charge in [-0.2, -0.15) is 0 Å². The Morgan fingerprint density at radius 3 is 2.83 bits per heavy atom. The molecule has 8 nitrogen and oxygen atoms in total. The predicted molar refractivity (Wildman–Crippen MR) is 91.4 cm³/mol. The summed E-state index contributed by atoms with van der Waals surface area (Å²) in [4.78, 5) is 23.8. The summed E-state index contributed by atoms with van der Waals surface area (Å²) in [5.74, 6) is -0.306. The number of carbonyl (C=O) groups is 2. The van der Waals surface area contributed by atoms with Crippen LogP contribution in [-0.4, -0.2) is 40.0 Å².